The Labute approximate surface area is 170 Å². The lowest BCUT2D eigenvalue weighted by Gasteiger charge is -2.17. The number of hydrogen-bond donors (Lipinski definition) is 3. The Balaban J connectivity index is 0.00000312. The van der Waals surface area contributed by atoms with Crippen molar-refractivity contribution in [2.45, 2.75) is 30.6 Å². The standard InChI is InChI=1S/C16H25N5O2S.HI/c1-17-16(20-12-7-8-13(11-12)24-2)19-10-9-18-14-5-3-4-6-15(14)21(22)23;/h3-6,12-13,18H,7-11H2,1-2H3,(H2,17,19,20);1H. The topological polar surface area (TPSA) is 91.6 Å². The largest absolute Gasteiger partial charge is 0.378 e. The molecule has 1 aromatic carbocycles. The first kappa shape index (κ1) is 21.8. The molecule has 2 atom stereocenters. The van der Waals surface area contributed by atoms with Crippen molar-refractivity contribution in [3.8, 4) is 0 Å². The maximum Gasteiger partial charge on any atom is 0.292 e. The highest BCUT2D eigenvalue weighted by Crippen LogP contribution is 2.28. The van der Waals surface area contributed by atoms with Gasteiger partial charge in [0.1, 0.15) is 5.69 Å². The van der Waals surface area contributed by atoms with Crippen LogP contribution in [-0.2, 0) is 0 Å². The van der Waals surface area contributed by atoms with Gasteiger partial charge in [-0.3, -0.25) is 15.1 Å². The predicted octanol–water partition coefficient (Wildman–Crippen LogP) is 3.07. The molecule has 0 aromatic heterocycles. The SMILES string of the molecule is CN=C(NCCNc1ccccc1[N+](=O)[O-])NC1CCC(SC)C1.I. The molecule has 0 aliphatic heterocycles. The molecule has 1 aliphatic carbocycles. The van der Waals surface area contributed by atoms with Gasteiger partial charge < -0.3 is 16.0 Å². The summed E-state index contributed by atoms with van der Waals surface area (Å²) in [5, 5.41) is 21.5. The van der Waals surface area contributed by atoms with E-state index in [1.165, 1.54) is 18.9 Å². The van der Waals surface area contributed by atoms with E-state index < -0.39 is 0 Å². The van der Waals surface area contributed by atoms with Gasteiger partial charge in [-0.2, -0.15) is 11.8 Å². The Morgan fingerprint density at radius 3 is 2.76 bits per heavy atom. The summed E-state index contributed by atoms with van der Waals surface area (Å²) in [5.74, 6) is 0.783. The molecule has 0 spiro atoms. The van der Waals surface area contributed by atoms with E-state index in [0.717, 1.165) is 17.6 Å². The number of hydrogen-bond acceptors (Lipinski definition) is 5. The molecular formula is C16H26IN5O2S. The van der Waals surface area contributed by atoms with E-state index in [1.54, 1.807) is 25.2 Å². The van der Waals surface area contributed by atoms with E-state index in [9.17, 15) is 10.1 Å². The quantitative estimate of drug-likeness (QED) is 0.139. The monoisotopic (exact) mass is 479 g/mol. The van der Waals surface area contributed by atoms with E-state index in [-0.39, 0.29) is 34.6 Å². The van der Waals surface area contributed by atoms with Gasteiger partial charge in [0, 0.05) is 37.5 Å². The van der Waals surface area contributed by atoms with Crippen molar-refractivity contribution in [2.24, 2.45) is 4.99 Å². The van der Waals surface area contributed by atoms with Crippen LogP contribution in [0.5, 0.6) is 0 Å². The summed E-state index contributed by atoms with van der Waals surface area (Å²) in [6, 6.07) is 7.13. The Bertz CT molecular complexity index is 587. The molecule has 0 amide bonds. The van der Waals surface area contributed by atoms with Crippen LogP contribution in [0.3, 0.4) is 0 Å². The van der Waals surface area contributed by atoms with Gasteiger partial charge in [0.15, 0.2) is 5.96 Å². The van der Waals surface area contributed by atoms with Crippen molar-refractivity contribution >= 4 is 53.1 Å². The number of halogens is 1. The maximum absolute atomic E-state index is 11.0. The van der Waals surface area contributed by atoms with Crippen LogP contribution in [0.25, 0.3) is 0 Å². The summed E-state index contributed by atoms with van der Waals surface area (Å²) in [5.41, 5.74) is 0.625. The second-order valence-corrected chi connectivity index (χ2v) is 6.85. The van der Waals surface area contributed by atoms with E-state index in [1.807, 2.05) is 11.8 Å². The minimum absolute atomic E-state index is 0. The molecule has 0 bridgehead atoms. The third-order valence-electron chi connectivity index (χ3n) is 4.12. The number of anilines is 1. The van der Waals surface area contributed by atoms with Gasteiger partial charge in [-0.25, -0.2) is 0 Å². The summed E-state index contributed by atoms with van der Waals surface area (Å²) < 4.78 is 0. The fourth-order valence-electron chi connectivity index (χ4n) is 2.83. The molecule has 1 aliphatic rings. The number of rotatable bonds is 7. The first-order valence-corrected chi connectivity index (χ1v) is 9.40. The van der Waals surface area contributed by atoms with Gasteiger partial charge in [0.25, 0.3) is 5.69 Å². The van der Waals surface area contributed by atoms with Gasteiger partial charge in [0.2, 0.25) is 0 Å². The number of benzene rings is 1. The van der Waals surface area contributed by atoms with E-state index in [4.69, 9.17) is 0 Å². The third kappa shape index (κ3) is 6.89. The fourth-order valence-corrected chi connectivity index (χ4v) is 3.63. The summed E-state index contributed by atoms with van der Waals surface area (Å²) in [6.45, 7) is 1.20. The van der Waals surface area contributed by atoms with Crippen LogP contribution < -0.4 is 16.0 Å². The number of aliphatic imine (C=N–C) groups is 1. The molecule has 2 rings (SSSR count). The van der Waals surface area contributed by atoms with Crippen molar-refractivity contribution in [1.29, 1.82) is 0 Å². The Morgan fingerprint density at radius 2 is 2.12 bits per heavy atom. The molecule has 0 heterocycles. The van der Waals surface area contributed by atoms with Crippen molar-refractivity contribution < 1.29 is 4.92 Å². The molecule has 3 N–H and O–H groups in total. The molecule has 1 aromatic rings. The van der Waals surface area contributed by atoms with Crippen molar-refractivity contribution in [2.75, 3.05) is 31.7 Å². The summed E-state index contributed by atoms with van der Waals surface area (Å²) in [6.07, 6.45) is 5.74. The molecule has 1 fully saturated rings. The van der Waals surface area contributed by atoms with Crippen LogP contribution in [0.15, 0.2) is 29.3 Å². The minimum atomic E-state index is -0.376. The minimum Gasteiger partial charge on any atom is -0.378 e. The number of para-hydroxylation sites is 2. The zero-order chi connectivity index (χ0) is 17.4. The zero-order valence-corrected chi connectivity index (χ0v) is 17.7. The van der Waals surface area contributed by atoms with Crippen molar-refractivity contribution in [3.63, 3.8) is 0 Å². The lowest BCUT2D eigenvalue weighted by molar-refractivity contribution is -0.384. The molecule has 0 radical (unpaired) electrons. The molecule has 0 saturated heterocycles. The molecule has 1 saturated carbocycles. The number of guanidine groups is 1. The smallest absolute Gasteiger partial charge is 0.292 e. The summed E-state index contributed by atoms with van der Waals surface area (Å²) >= 11 is 1.93. The van der Waals surface area contributed by atoms with E-state index in [0.29, 0.717) is 24.8 Å². The number of nitro benzene ring substituents is 1. The van der Waals surface area contributed by atoms with Gasteiger partial charge >= 0.3 is 0 Å². The van der Waals surface area contributed by atoms with E-state index >= 15 is 0 Å². The molecule has 9 heteroatoms. The van der Waals surface area contributed by atoms with Crippen LogP contribution in [0.4, 0.5) is 11.4 Å². The lowest BCUT2D eigenvalue weighted by Crippen LogP contribution is -2.44. The van der Waals surface area contributed by atoms with Crippen LogP contribution >= 0.6 is 35.7 Å². The first-order valence-electron chi connectivity index (χ1n) is 8.11. The molecule has 140 valence electrons. The number of nitro groups is 1. The first-order chi connectivity index (χ1) is 11.6. The molecule has 25 heavy (non-hydrogen) atoms. The van der Waals surface area contributed by atoms with Gasteiger partial charge in [-0.15, -0.1) is 24.0 Å². The average Bonchev–Trinajstić information content (AvgIpc) is 3.05. The number of nitrogens with zero attached hydrogens (tertiary/aromatic N) is 2. The zero-order valence-electron chi connectivity index (χ0n) is 14.5. The molecular weight excluding hydrogens is 453 g/mol. The van der Waals surface area contributed by atoms with Crippen LogP contribution in [0, 0.1) is 10.1 Å². The lowest BCUT2D eigenvalue weighted by atomic mass is 10.2. The predicted molar refractivity (Wildman–Crippen MR) is 116 cm³/mol. The van der Waals surface area contributed by atoms with Gasteiger partial charge in [-0.1, -0.05) is 12.1 Å². The Morgan fingerprint density at radius 1 is 1.36 bits per heavy atom. The normalized spacial score (nSPS) is 19.8. The van der Waals surface area contributed by atoms with Crippen molar-refractivity contribution in [3.05, 3.63) is 34.4 Å². The van der Waals surface area contributed by atoms with Gasteiger partial charge in [-0.05, 0) is 31.6 Å². The average molecular weight is 479 g/mol. The van der Waals surface area contributed by atoms with Gasteiger partial charge in [0.05, 0.1) is 4.92 Å². The maximum atomic E-state index is 11.0. The van der Waals surface area contributed by atoms with Crippen molar-refractivity contribution in [1.82, 2.24) is 10.6 Å². The second kappa shape index (κ2) is 11.4. The number of nitrogens with one attached hydrogen (secondary N) is 3. The Kier molecular flexibility index (Phi) is 9.94. The van der Waals surface area contributed by atoms with E-state index in [2.05, 4.69) is 27.2 Å². The Hall–Kier alpha value is -1.23. The van der Waals surface area contributed by atoms with Crippen LogP contribution in [0.2, 0.25) is 0 Å². The van der Waals surface area contributed by atoms with Crippen LogP contribution in [0.1, 0.15) is 19.3 Å². The number of thioether (sulfide) groups is 1. The van der Waals surface area contributed by atoms with Crippen LogP contribution in [-0.4, -0.2) is 48.6 Å². The third-order valence-corrected chi connectivity index (χ3v) is 5.21. The fraction of sp³-hybridized carbons (Fsp3) is 0.562. The highest BCUT2D eigenvalue weighted by molar-refractivity contribution is 14.0. The molecule has 7 nitrogen and oxygen atoms in total. The highest BCUT2D eigenvalue weighted by Gasteiger charge is 2.24. The highest BCUT2D eigenvalue weighted by atomic mass is 127. The summed E-state index contributed by atoms with van der Waals surface area (Å²) in [4.78, 5) is 14.8. The second-order valence-electron chi connectivity index (χ2n) is 5.71. The molecule has 2 unspecified atom stereocenters. The summed E-state index contributed by atoms with van der Waals surface area (Å²) in [7, 11) is 1.76.